The van der Waals surface area contributed by atoms with Gasteiger partial charge in [-0.3, -0.25) is 0 Å². The van der Waals surface area contributed by atoms with E-state index in [1.165, 1.54) is 0 Å². The largest absolute Gasteiger partial charge is 0.459 e. The van der Waals surface area contributed by atoms with Gasteiger partial charge in [-0.1, -0.05) is 0 Å². The molecule has 0 radical (unpaired) electrons. The lowest BCUT2D eigenvalue weighted by Gasteiger charge is -3.07. The Hall–Kier alpha value is -0.0151. The van der Waals surface area contributed by atoms with Gasteiger partial charge in [0, 0.05) is 5.31 Å². The molecule has 6 fully saturated rings. The van der Waals surface area contributed by atoms with Crippen LogP contribution in [0.15, 0.2) is 0 Å². The monoisotopic (exact) mass is 148 g/mol. The van der Waals surface area contributed by atoms with E-state index in [-0.39, 0.29) is 5.31 Å². The first-order chi connectivity index (χ1) is 5.31. The van der Waals surface area contributed by atoms with Crippen molar-refractivity contribution in [3.8, 4) is 0 Å². The number of rotatable bonds is 1. The minimum absolute atomic E-state index is 0.0781. The summed E-state index contributed by atoms with van der Waals surface area (Å²) in [5, 5.41) is 18.6. The molecule has 0 amide bonds. The lowest BCUT2D eigenvalue weighted by Crippen LogP contribution is -3.04. The van der Waals surface area contributed by atoms with Crippen LogP contribution in [0.25, 0.3) is 0 Å². The average Bonchev–Trinajstić information content (AvgIpc) is 2.05. The van der Waals surface area contributed by atoms with Gasteiger partial charge < -0.3 is 10.0 Å². The molecule has 0 spiro atoms. The molecule has 56 valence electrons. The van der Waals surface area contributed by atoms with Crippen molar-refractivity contribution in [1.29, 1.82) is 0 Å². The summed E-state index contributed by atoms with van der Waals surface area (Å²) < 4.78 is 0. The van der Waals surface area contributed by atoms with Gasteiger partial charge in [-0.15, -0.1) is 0 Å². The summed E-state index contributed by atoms with van der Waals surface area (Å²) in [6.07, 6.45) is 0. The van der Waals surface area contributed by atoms with E-state index in [9.17, 15) is 10.0 Å². The predicted octanol–water partition coefficient (Wildman–Crippen LogP) is -0.419. The highest BCUT2D eigenvalue weighted by atomic mass is 16.4. The maximum absolute atomic E-state index is 9.26. The van der Waals surface area contributed by atoms with Crippen LogP contribution >= 0.6 is 0 Å². The molecule has 6 aliphatic carbocycles. The summed E-state index contributed by atoms with van der Waals surface area (Å²) in [4.78, 5) is 0. The van der Waals surface area contributed by atoms with E-state index in [1.54, 1.807) is 0 Å². The van der Waals surface area contributed by atoms with Crippen molar-refractivity contribution in [3.05, 3.63) is 0 Å². The van der Waals surface area contributed by atoms with E-state index in [1.807, 2.05) is 0 Å². The Bertz CT molecular complexity index is 250. The van der Waals surface area contributed by atoms with E-state index in [2.05, 4.69) is 0 Å². The van der Waals surface area contributed by atoms with Crippen molar-refractivity contribution >= 4 is 7.12 Å². The zero-order valence-corrected chi connectivity index (χ0v) is 6.01. The molecule has 0 heterocycles. The Morgan fingerprint density at radius 2 is 1.27 bits per heavy atom. The Kier molecular flexibility index (Phi) is 0.398. The minimum Gasteiger partial charge on any atom is -0.427 e. The van der Waals surface area contributed by atoms with Crippen LogP contribution in [0.5, 0.6) is 0 Å². The van der Waals surface area contributed by atoms with Gasteiger partial charge in [0.15, 0.2) is 0 Å². The third-order valence-electron chi connectivity index (χ3n) is 6.00. The summed E-state index contributed by atoms with van der Waals surface area (Å²) in [6.45, 7) is 0. The van der Waals surface area contributed by atoms with Gasteiger partial charge in [-0.05, 0) is 41.4 Å². The fourth-order valence-electron chi connectivity index (χ4n) is 6.04. The van der Waals surface area contributed by atoms with Gasteiger partial charge in [0.25, 0.3) is 0 Å². The van der Waals surface area contributed by atoms with Crippen molar-refractivity contribution in [2.75, 3.05) is 0 Å². The third kappa shape index (κ3) is 0.177. The highest BCUT2D eigenvalue weighted by molar-refractivity contribution is 6.48. The fraction of sp³-hybridized carbons (Fsp3) is 1.00. The van der Waals surface area contributed by atoms with Crippen molar-refractivity contribution < 1.29 is 10.0 Å². The Balaban J connectivity index is 1.73. The molecular formula is C8H9BO2. The zero-order chi connectivity index (χ0) is 7.12. The third-order valence-corrected chi connectivity index (χ3v) is 6.00. The second-order valence-corrected chi connectivity index (χ2v) is 5.26. The van der Waals surface area contributed by atoms with Crippen LogP contribution in [-0.4, -0.2) is 17.2 Å². The molecule has 6 aliphatic rings. The van der Waals surface area contributed by atoms with Crippen LogP contribution in [0.3, 0.4) is 0 Å². The molecule has 0 aromatic carbocycles. The highest BCUT2D eigenvalue weighted by Gasteiger charge is 3.06. The van der Waals surface area contributed by atoms with Crippen LogP contribution in [0, 0.1) is 41.4 Å². The fourth-order valence-corrected chi connectivity index (χ4v) is 6.04. The molecular weight excluding hydrogens is 139 g/mol. The van der Waals surface area contributed by atoms with Gasteiger partial charge in [0.2, 0.25) is 0 Å². The summed E-state index contributed by atoms with van der Waals surface area (Å²) in [6, 6.07) is 0. The summed E-state index contributed by atoms with van der Waals surface area (Å²) in [5.41, 5.74) is 0. The molecule has 2 nitrogen and oxygen atoms in total. The first-order valence-corrected chi connectivity index (χ1v) is 4.67. The second kappa shape index (κ2) is 0.897. The quantitative estimate of drug-likeness (QED) is 0.496. The smallest absolute Gasteiger partial charge is 0.427 e. The van der Waals surface area contributed by atoms with E-state index in [4.69, 9.17) is 0 Å². The number of hydrogen-bond acceptors (Lipinski definition) is 2. The normalized spacial score (nSPS) is 88.4. The predicted molar refractivity (Wildman–Crippen MR) is 37.3 cm³/mol. The maximum Gasteiger partial charge on any atom is 0.459 e. The summed E-state index contributed by atoms with van der Waals surface area (Å²) in [5.74, 6) is 6.30. The first-order valence-electron chi connectivity index (χ1n) is 4.67. The SMILES string of the molecule is OB(O)C12C3C4C5C3C1C5C42. The lowest BCUT2D eigenvalue weighted by molar-refractivity contribution is -0.558. The first kappa shape index (κ1) is 4.88. The maximum atomic E-state index is 9.26. The number of hydrogen-bond donors (Lipinski definition) is 2. The molecule has 11 heavy (non-hydrogen) atoms. The van der Waals surface area contributed by atoms with Gasteiger partial charge in [0.1, 0.15) is 0 Å². The molecule has 0 aromatic heterocycles. The van der Waals surface area contributed by atoms with E-state index < -0.39 is 7.12 Å². The van der Waals surface area contributed by atoms with Crippen LogP contribution in [-0.2, 0) is 0 Å². The minimum atomic E-state index is -0.979. The van der Waals surface area contributed by atoms with Gasteiger partial charge in [-0.2, -0.15) is 0 Å². The molecule has 0 atom stereocenters. The van der Waals surface area contributed by atoms with Crippen LogP contribution < -0.4 is 0 Å². The Labute approximate surface area is 64.7 Å². The summed E-state index contributed by atoms with van der Waals surface area (Å²) >= 11 is 0. The Morgan fingerprint density at radius 3 is 1.55 bits per heavy atom. The highest BCUT2D eigenvalue weighted by Crippen LogP contribution is 3.09. The van der Waals surface area contributed by atoms with Crippen LogP contribution in [0.2, 0.25) is 5.31 Å². The second-order valence-electron chi connectivity index (χ2n) is 5.26. The molecule has 2 N–H and O–H groups in total. The van der Waals surface area contributed by atoms with Crippen molar-refractivity contribution in [2.45, 2.75) is 5.31 Å². The van der Waals surface area contributed by atoms with E-state index in [0.717, 1.165) is 41.4 Å². The molecule has 0 saturated heterocycles. The molecule has 0 aromatic rings. The molecule has 6 saturated carbocycles. The van der Waals surface area contributed by atoms with Gasteiger partial charge >= 0.3 is 7.12 Å². The standard InChI is InChI=1S/C8H9BO2/c10-9(11)8-5-2-1-3(5)7(8)4(1)6(2)8/h1-7,10-11H. The van der Waals surface area contributed by atoms with Crippen molar-refractivity contribution in [2.24, 2.45) is 41.4 Å². The Morgan fingerprint density at radius 1 is 0.818 bits per heavy atom. The van der Waals surface area contributed by atoms with Crippen molar-refractivity contribution in [3.63, 3.8) is 0 Å². The van der Waals surface area contributed by atoms with Gasteiger partial charge in [-0.25, -0.2) is 0 Å². The molecule has 3 heteroatoms. The average molecular weight is 148 g/mol. The van der Waals surface area contributed by atoms with E-state index >= 15 is 0 Å². The lowest BCUT2D eigenvalue weighted by atomic mass is 8.92. The summed E-state index contributed by atoms with van der Waals surface area (Å²) in [7, 11) is -0.979. The molecule has 6 rings (SSSR count). The van der Waals surface area contributed by atoms with Crippen molar-refractivity contribution in [1.82, 2.24) is 0 Å². The topological polar surface area (TPSA) is 40.5 Å². The molecule has 0 aliphatic heterocycles. The zero-order valence-electron chi connectivity index (χ0n) is 6.01. The van der Waals surface area contributed by atoms with E-state index in [0.29, 0.717) is 0 Å². The van der Waals surface area contributed by atoms with Gasteiger partial charge in [0.05, 0.1) is 0 Å². The van der Waals surface area contributed by atoms with Crippen LogP contribution in [0.1, 0.15) is 0 Å². The molecule has 0 unspecified atom stereocenters. The molecule has 0 bridgehead atoms. The van der Waals surface area contributed by atoms with Crippen LogP contribution in [0.4, 0.5) is 0 Å².